The highest BCUT2D eigenvalue weighted by Crippen LogP contribution is 2.31. The molecule has 106 valence electrons. The fraction of sp³-hybridized carbons (Fsp3) is 0.538. The van der Waals surface area contributed by atoms with Gasteiger partial charge in [-0.25, -0.2) is 13.1 Å². The van der Waals surface area contributed by atoms with E-state index in [0.717, 1.165) is 30.2 Å². The van der Waals surface area contributed by atoms with Gasteiger partial charge in [0.2, 0.25) is 10.0 Å². The number of rotatable bonds is 3. The van der Waals surface area contributed by atoms with Gasteiger partial charge in [-0.2, -0.15) is 0 Å². The highest BCUT2D eigenvalue weighted by atomic mass is 79.9. The van der Waals surface area contributed by atoms with Crippen LogP contribution >= 0.6 is 27.5 Å². The molecule has 0 aromatic heterocycles. The SMILES string of the molecule is CC1(NS(=O)(=O)c2ccc(Br)cc2Cl)CCCCC1. The highest BCUT2D eigenvalue weighted by Gasteiger charge is 2.32. The lowest BCUT2D eigenvalue weighted by molar-refractivity contribution is 0.294. The number of nitrogens with one attached hydrogen (secondary N) is 1. The number of sulfonamides is 1. The number of halogens is 2. The molecule has 3 nitrogen and oxygen atoms in total. The minimum absolute atomic E-state index is 0.143. The Balaban J connectivity index is 2.27. The van der Waals surface area contributed by atoms with Crippen molar-refractivity contribution in [1.29, 1.82) is 0 Å². The first kappa shape index (κ1) is 15.3. The first-order valence-electron chi connectivity index (χ1n) is 6.31. The highest BCUT2D eigenvalue weighted by molar-refractivity contribution is 9.10. The zero-order chi connectivity index (χ0) is 14.1. The first-order chi connectivity index (χ1) is 8.82. The topological polar surface area (TPSA) is 46.2 Å². The Kier molecular flexibility index (Phi) is 4.60. The van der Waals surface area contributed by atoms with Crippen LogP contribution in [0.4, 0.5) is 0 Å². The van der Waals surface area contributed by atoms with Gasteiger partial charge in [0.25, 0.3) is 0 Å². The minimum atomic E-state index is -3.57. The maximum atomic E-state index is 12.4. The quantitative estimate of drug-likeness (QED) is 0.875. The summed E-state index contributed by atoms with van der Waals surface area (Å²) in [5, 5.41) is 0.237. The molecule has 2 rings (SSSR count). The summed E-state index contributed by atoms with van der Waals surface area (Å²) in [5.74, 6) is 0. The summed E-state index contributed by atoms with van der Waals surface area (Å²) in [5.41, 5.74) is -0.354. The van der Waals surface area contributed by atoms with Gasteiger partial charge in [-0.15, -0.1) is 0 Å². The van der Waals surface area contributed by atoms with Crippen LogP contribution in [-0.2, 0) is 10.0 Å². The molecule has 0 saturated heterocycles. The lowest BCUT2D eigenvalue weighted by Crippen LogP contribution is -2.47. The molecule has 1 N–H and O–H groups in total. The van der Waals surface area contributed by atoms with Gasteiger partial charge >= 0.3 is 0 Å². The van der Waals surface area contributed by atoms with E-state index in [0.29, 0.717) is 0 Å². The predicted octanol–water partition coefficient (Wildman–Crippen LogP) is 4.10. The Hall–Kier alpha value is -0.100. The van der Waals surface area contributed by atoms with Gasteiger partial charge in [-0.1, -0.05) is 46.8 Å². The van der Waals surface area contributed by atoms with Crippen molar-refractivity contribution in [2.45, 2.75) is 49.5 Å². The molecular weight excluding hydrogens is 350 g/mol. The Morgan fingerprint density at radius 1 is 1.26 bits per heavy atom. The third kappa shape index (κ3) is 3.72. The van der Waals surface area contributed by atoms with Crippen LogP contribution in [0, 0.1) is 0 Å². The smallest absolute Gasteiger partial charge is 0.207 e. The second kappa shape index (κ2) is 5.72. The number of benzene rings is 1. The van der Waals surface area contributed by atoms with Crippen LogP contribution in [0.2, 0.25) is 5.02 Å². The first-order valence-corrected chi connectivity index (χ1v) is 8.97. The lowest BCUT2D eigenvalue weighted by atomic mass is 9.84. The molecule has 1 saturated carbocycles. The standard InChI is InChI=1S/C13H17BrClNO2S/c1-13(7-3-2-4-8-13)16-19(17,18)12-6-5-10(14)9-11(12)15/h5-6,9,16H,2-4,7-8H2,1H3. The van der Waals surface area contributed by atoms with E-state index in [4.69, 9.17) is 11.6 Å². The van der Waals surface area contributed by atoms with Crippen LogP contribution in [0.25, 0.3) is 0 Å². The average molecular weight is 367 g/mol. The summed E-state index contributed by atoms with van der Waals surface area (Å²) in [7, 11) is -3.57. The fourth-order valence-corrected chi connectivity index (χ4v) is 5.01. The Bertz CT molecular complexity index is 568. The molecule has 1 aliphatic rings. The molecule has 6 heteroatoms. The summed E-state index contributed by atoms with van der Waals surface area (Å²) in [6, 6.07) is 4.81. The van der Waals surface area contributed by atoms with E-state index < -0.39 is 10.0 Å². The molecule has 0 bridgehead atoms. The van der Waals surface area contributed by atoms with Crippen molar-refractivity contribution in [3.63, 3.8) is 0 Å². The second-order valence-electron chi connectivity index (χ2n) is 5.30. The van der Waals surface area contributed by atoms with Gasteiger partial charge in [0, 0.05) is 10.0 Å². The summed E-state index contributed by atoms with van der Waals surface area (Å²) in [4.78, 5) is 0.143. The third-order valence-electron chi connectivity index (χ3n) is 3.52. The van der Waals surface area contributed by atoms with Gasteiger partial charge in [0.05, 0.1) is 5.02 Å². The monoisotopic (exact) mass is 365 g/mol. The molecule has 1 aliphatic carbocycles. The van der Waals surface area contributed by atoms with Crippen molar-refractivity contribution < 1.29 is 8.42 Å². The molecule has 0 heterocycles. The number of hydrogen-bond acceptors (Lipinski definition) is 2. The van der Waals surface area contributed by atoms with Crippen molar-refractivity contribution in [3.05, 3.63) is 27.7 Å². The fourth-order valence-electron chi connectivity index (χ4n) is 2.51. The maximum absolute atomic E-state index is 12.4. The van der Waals surface area contributed by atoms with Crippen LogP contribution in [0.5, 0.6) is 0 Å². The van der Waals surface area contributed by atoms with Gasteiger partial charge in [-0.3, -0.25) is 0 Å². The maximum Gasteiger partial charge on any atom is 0.242 e. The molecule has 0 radical (unpaired) electrons. The van der Waals surface area contributed by atoms with Crippen LogP contribution in [0.3, 0.4) is 0 Å². The molecule has 19 heavy (non-hydrogen) atoms. The molecule has 1 fully saturated rings. The van der Waals surface area contributed by atoms with E-state index in [1.54, 1.807) is 12.1 Å². The predicted molar refractivity (Wildman–Crippen MR) is 81.0 cm³/mol. The van der Waals surface area contributed by atoms with E-state index >= 15 is 0 Å². The van der Waals surface area contributed by atoms with Crippen molar-refractivity contribution in [1.82, 2.24) is 4.72 Å². The number of hydrogen-bond donors (Lipinski definition) is 1. The Labute approximate surface area is 127 Å². The molecule has 0 spiro atoms. The largest absolute Gasteiger partial charge is 0.242 e. The van der Waals surface area contributed by atoms with Gasteiger partial charge in [-0.05, 0) is 38.0 Å². The lowest BCUT2D eigenvalue weighted by Gasteiger charge is -2.34. The van der Waals surface area contributed by atoms with Gasteiger partial charge in [0.1, 0.15) is 4.90 Å². The molecule has 0 atom stereocenters. The van der Waals surface area contributed by atoms with Crippen LogP contribution < -0.4 is 4.72 Å². The Morgan fingerprint density at radius 3 is 2.47 bits per heavy atom. The molecule has 0 unspecified atom stereocenters. The van der Waals surface area contributed by atoms with Crippen molar-refractivity contribution in [2.24, 2.45) is 0 Å². The van der Waals surface area contributed by atoms with E-state index in [-0.39, 0.29) is 15.5 Å². The van der Waals surface area contributed by atoms with E-state index in [2.05, 4.69) is 20.7 Å². The molecule has 1 aromatic rings. The zero-order valence-corrected chi connectivity index (χ0v) is 13.9. The van der Waals surface area contributed by atoms with Crippen molar-refractivity contribution >= 4 is 37.6 Å². The summed E-state index contributed by atoms with van der Waals surface area (Å²) < 4.78 is 28.4. The van der Waals surface area contributed by atoms with Crippen LogP contribution in [0.1, 0.15) is 39.0 Å². The van der Waals surface area contributed by atoms with Crippen LogP contribution in [0.15, 0.2) is 27.6 Å². The van der Waals surface area contributed by atoms with Gasteiger partial charge < -0.3 is 0 Å². The summed E-state index contributed by atoms with van der Waals surface area (Å²) in [6.07, 6.45) is 5.05. The van der Waals surface area contributed by atoms with E-state index in [1.807, 2.05) is 6.92 Å². The second-order valence-corrected chi connectivity index (χ2v) is 8.28. The van der Waals surface area contributed by atoms with Crippen molar-refractivity contribution in [2.75, 3.05) is 0 Å². The molecule has 0 amide bonds. The van der Waals surface area contributed by atoms with E-state index in [9.17, 15) is 8.42 Å². The molecular formula is C13H17BrClNO2S. The minimum Gasteiger partial charge on any atom is -0.207 e. The van der Waals surface area contributed by atoms with Crippen molar-refractivity contribution in [3.8, 4) is 0 Å². The van der Waals surface area contributed by atoms with E-state index in [1.165, 1.54) is 12.5 Å². The third-order valence-corrected chi connectivity index (χ3v) is 6.14. The zero-order valence-electron chi connectivity index (χ0n) is 10.7. The summed E-state index contributed by atoms with van der Waals surface area (Å²) in [6.45, 7) is 1.97. The molecule has 1 aromatic carbocycles. The average Bonchev–Trinajstić information content (AvgIpc) is 2.27. The summed E-state index contributed by atoms with van der Waals surface area (Å²) >= 11 is 9.30. The normalized spacial score (nSPS) is 19.3. The van der Waals surface area contributed by atoms with Crippen LogP contribution in [-0.4, -0.2) is 14.0 Å². The molecule has 0 aliphatic heterocycles. The van der Waals surface area contributed by atoms with Gasteiger partial charge in [0.15, 0.2) is 0 Å². The Morgan fingerprint density at radius 2 is 1.89 bits per heavy atom.